The van der Waals surface area contributed by atoms with E-state index in [0.717, 1.165) is 26.1 Å². The van der Waals surface area contributed by atoms with Crippen LogP contribution >= 0.6 is 0 Å². The van der Waals surface area contributed by atoms with E-state index in [1.807, 2.05) is 0 Å². The Bertz CT molecular complexity index is 154. The molecule has 0 aliphatic carbocycles. The van der Waals surface area contributed by atoms with Gasteiger partial charge in [0.1, 0.15) is 0 Å². The van der Waals surface area contributed by atoms with Crippen molar-refractivity contribution >= 4 is 0 Å². The number of ether oxygens (including phenoxy) is 2. The molecule has 1 atom stereocenters. The minimum atomic E-state index is 0.277. The molecule has 2 heteroatoms. The van der Waals surface area contributed by atoms with Gasteiger partial charge in [-0.15, -0.1) is 0 Å². The van der Waals surface area contributed by atoms with Crippen molar-refractivity contribution in [3.63, 3.8) is 0 Å². The summed E-state index contributed by atoms with van der Waals surface area (Å²) in [6.45, 7) is 9.50. The molecule has 0 saturated carbocycles. The van der Waals surface area contributed by atoms with Crippen molar-refractivity contribution in [1.29, 1.82) is 0 Å². The second-order valence-corrected chi connectivity index (χ2v) is 3.42. The van der Waals surface area contributed by atoms with Crippen LogP contribution in [0.1, 0.15) is 26.7 Å². The van der Waals surface area contributed by atoms with Crippen LogP contribution in [0.5, 0.6) is 0 Å². The van der Waals surface area contributed by atoms with Gasteiger partial charge in [-0.3, -0.25) is 0 Å². The molecule has 1 fully saturated rings. The highest BCUT2D eigenvalue weighted by atomic mass is 16.7. The molecule has 11 heavy (non-hydrogen) atoms. The standard InChI is InChI=1S/C9H16O2/c1-4-9(3)5-6-10-8(2)11-7-9/h2,4-7H2,1,3H3. The maximum absolute atomic E-state index is 5.29. The molecular weight excluding hydrogens is 140 g/mol. The summed E-state index contributed by atoms with van der Waals surface area (Å²) in [5.74, 6) is 0.474. The molecule has 1 heterocycles. The van der Waals surface area contributed by atoms with E-state index in [4.69, 9.17) is 9.47 Å². The van der Waals surface area contributed by atoms with Gasteiger partial charge < -0.3 is 9.47 Å². The van der Waals surface area contributed by atoms with Crippen molar-refractivity contribution < 1.29 is 9.47 Å². The summed E-state index contributed by atoms with van der Waals surface area (Å²) < 4.78 is 10.5. The Kier molecular flexibility index (Phi) is 2.42. The Hall–Kier alpha value is -0.660. The highest BCUT2D eigenvalue weighted by Gasteiger charge is 2.26. The van der Waals surface area contributed by atoms with E-state index in [0.29, 0.717) is 5.95 Å². The Morgan fingerprint density at radius 3 is 2.91 bits per heavy atom. The molecular formula is C9H16O2. The van der Waals surface area contributed by atoms with Crippen LogP contribution in [0, 0.1) is 5.41 Å². The summed E-state index contributed by atoms with van der Waals surface area (Å²) in [5.41, 5.74) is 0.277. The molecule has 1 unspecified atom stereocenters. The Morgan fingerprint density at radius 1 is 1.55 bits per heavy atom. The molecule has 1 aliphatic heterocycles. The molecule has 0 aromatic heterocycles. The zero-order chi connectivity index (χ0) is 8.32. The predicted molar refractivity (Wildman–Crippen MR) is 44.1 cm³/mol. The summed E-state index contributed by atoms with van der Waals surface area (Å²) in [6, 6.07) is 0. The minimum Gasteiger partial charge on any atom is -0.466 e. The lowest BCUT2D eigenvalue weighted by Gasteiger charge is -2.23. The lowest BCUT2D eigenvalue weighted by Crippen LogP contribution is -2.20. The van der Waals surface area contributed by atoms with E-state index in [2.05, 4.69) is 20.4 Å². The van der Waals surface area contributed by atoms with Gasteiger partial charge in [0.25, 0.3) is 5.95 Å². The maximum Gasteiger partial charge on any atom is 0.271 e. The molecule has 0 aromatic rings. The van der Waals surface area contributed by atoms with E-state index in [-0.39, 0.29) is 5.41 Å². The number of rotatable bonds is 1. The van der Waals surface area contributed by atoms with Crippen molar-refractivity contribution in [3.05, 3.63) is 12.5 Å². The van der Waals surface area contributed by atoms with Crippen LogP contribution < -0.4 is 0 Å². The molecule has 64 valence electrons. The van der Waals surface area contributed by atoms with Crippen LogP contribution in [0.25, 0.3) is 0 Å². The van der Waals surface area contributed by atoms with E-state index < -0.39 is 0 Å². The monoisotopic (exact) mass is 156 g/mol. The second kappa shape index (κ2) is 3.16. The van der Waals surface area contributed by atoms with Crippen LogP contribution in [0.4, 0.5) is 0 Å². The third-order valence-corrected chi connectivity index (χ3v) is 2.40. The first-order valence-electron chi connectivity index (χ1n) is 4.11. The fourth-order valence-electron chi connectivity index (χ4n) is 1.06. The van der Waals surface area contributed by atoms with Gasteiger partial charge in [-0.2, -0.15) is 0 Å². The molecule has 0 spiro atoms. The summed E-state index contributed by atoms with van der Waals surface area (Å²) in [5, 5.41) is 0. The average Bonchev–Trinajstić information content (AvgIpc) is 2.15. The SMILES string of the molecule is C=C1OCCC(C)(CC)CO1. The largest absolute Gasteiger partial charge is 0.466 e. The van der Waals surface area contributed by atoms with Crippen molar-refractivity contribution in [2.75, 3.05) is 13.2 Å². The number of hydrogen-bond acceptors (Lipinski definition) is 2. The summed E-state index contributed by atoms with van der Waals surface area (Å²) in [6.07, 6.45) is 2.19. The quantitative estimate of drug-likeness (QED) is 0.580. The van der Waals surface area contributed by atoms with Crippen LogP contribution in [0.2, 0.25) is 0 Å². The first-order chi connectivity index (χ1) is 5.16. The molecule has 0 bridgehead atoms. The van der Waals surface area contributed by atoms with Gasteiger partial charge in [-0.05, 0) is 19.4 Å². The van der Waals surface area contributed by atoms with Crippen LogP contribution in [-0.4, -0.2) is 13.2 Å². The smallest absolute Gasteiger partial charge is 0.271 e. The highest BCUT2D eigenvalue weighted by Crippen LogP contribution is 2.29. The Morgan fingerprint density at radius 2 is 2.27 bits per heavy atom. The highest BCUT2D eigenvalue weighted by molar-refractivity contribution is 4.80. The fourth-order valence-corrected chi connectivity index (χ4v) is 1.06. The van der Waals surface area contributed by atoms with Crippen LogP contribution in [-0.2, 0) is 9.47 Å². The third-order valence-electron chi connectivity index (χ3n) is 2.40. The molecule has 2 nitrogen and oxygen atoms in total. The van der Waals surface area contributed by atoms with Crippen molar-refractivity contribution in [1.82, 2.24) is 0 Å². The van der Waals surface area contributed by atoms with E-state index in [1.54, 1.807) is 0 Å². The first-order valence-corrected chi connectivity index (χ1v) is 4.11. The molecule has 1 saturated heterocycles. The van der Waals surface area contributed by atoms with Crippen molar-refractivity contribution in [3.8, 4) is 0 Å². The summed E-state index contributed by atoms with van der Waals surface area (Å²) in [4.78, 5) is 0. The fraction of sp³-hybridized carbons (Fsp3) is 0.778. The van der Waals surface area contributed by atoms with Gasteiger partial charge in [0.2, 0.25) is 0 Å². The van der Waals surface area contributed by atoms with Crippen LogP contribution in [0.15, 0.2) is 12.5 Å². The first kappa shape index (κ1) is 8.44. The van der Waals surface area contributed by atoms with E-state index in [9.17, 15) is 0 Å². The molecule has 0 radical (unpaired) electrons. The lowest BCUT2D eigenvalue weighted by molar-refractivity contribution is 0.0471. The van der Waals surface area contributed by atoms with Crippen molar-refractivity contribution in [2.24, 2.45) is 5.41 Å². The normalized spacial score (nSPS) is 32.0. The van der Waals surface area contributed by atoms with Crippen molar-refractivity contribution in [2.45, 2.75) is 26.7 Å². The molecule has 1 rings (SSSR count). The van der Waals surface area contributed by atoms with Gasteiger partial charge in [-0.1, -0.05) is 13.8 Å². The average molecular weight is 156 g/mol. The predicted octanol–water partition coefficient (Wildman–Crippen LogP) is 2.31. The van der Waals surface area contributed by atoms with Gasteiger partial charge in [0.05, 0.1) is 13.2 Å². The number of hydrogen-bond donors (Lipinski definition) is 0. The zero-order valence-corrected chi connectivity index (χ0v) is 7.35. The van der Waals surface area contributed by atoms with Gasteiger partial charge in [0.15, 0.2) is 0 Å². The zero-order valence-electron chi connectivity index (χ0n) is 7.35. The van der Waals surface area contributed by atoms with E-state index >= 15 is 0 Å². The minimum absolute atomic E-state index is 0.277. The maximum atomic E-state index is 5.29. The van der Waals surface area contributed by atoms with Gasteiger partial charge >= 0.3 is 0 Å². The van der Waals surface area contributed by atoms with Gasteiger partial charge in [-0.25, -0.2) is 0 Å². The summed E-state index contributed by atoms with van der Waals surface area (Å²) in [7, 11) is 0. The molecule has 0 amide bonds. The summed E-state index contributed by atoms with van der Waals surface area (Å²) >= 11 is 0. The lowest BCUT2D eigenvalue weighted by atomic mass is 9.85. The molecule has 0 aromatic carbocycles. The van der Waals surface area contributed by atoms with Gasteiger partial charge in [0, 0.05) is 5.41 Å². The van der Waals surface area contributed by atoms with E-state index in [1.165, 1.54) is 0 Å². The molecule has 0 N–H and O–H groups in total. The topological polar surface area (TPSA) is 18.5 Å². The third kappa shape index (κ3) is 2.14. The molecule has 1 aliphatic rings. The van der Waals surface area contributed by atoms with Crippen LogP contribution in [0.3, 0.4) is 0 Å². The Balaban J connectivity index is 2.52. The second-order valence-electron chi connectivity index (χ2n) is 3.42. The Labute approximate surface area is 68.2 Å².